The predicted molar refractivity (Wildman–Crippen MR) is 77.2 cm³/mol. The first-order chi connectivity index (χ1) is 10.3. The minimum absolute atomic E-state index is 0.0735. The van der Waals surface area contributed by atoms with Crippen LogP contribution < -0.4 is 9.47 Å². The first kappa shape index (κ1) is 15.3. The molecule has 0 aliphatic rings. The van der Waals surface area contributed by atoms with Gasteiger partial charge < -0.3 is 19.1 Å². The van der Waals surface area contributed by atoms with Crippen LogP contribution in [-0.2, 0) is 13.1 Å². The van der Waals surface area contributed by atoms with Crippen LogP contribution in [0.15, 0.2) is 35.1 Å². The first-order valence-electron chi connectivity index (χ1n) is 6.70. The molecule has 2 rings (SSSR count). The molecule has 0 radical (unpaired) electrons. The summed E-state index contributed by atoms with van der Waals surface area (Å²) in [6.45, 7) is 1.82. The van der Waals surface area contributed by atoms with Gasteiger partial charge >= 0.3 is 0 Å². The van der Waals surface area contributed by atoms with Gasteiger partial charge in [0.2, 0.25) is 0 Å². The molecule has 6 nitrogen and oxygen atoms in total. The highest BCUT2D eigenvalue weighted by molar-refractivity contribution is 5.40. The molecule has 2 aromatic rings. The Labute approximate surface area is 123 Å². The molecule has 6 heteroatoms. The summed E-state index contributed by atoms with van der Waals surface area (Å²) >= 11 is 0. The standard InChI is InChI=1S/C15H20N2O4/c1-19-14-3-4-15(20-2)12(9-14)10-17(6-7-18)11-13-5-8-21-16-13/h3-5,8-9,18H,6-7,10-11H2,1-2H3. The average molecular weight is 292 g/mol. The van der Waals surface area contributed by atoms with Crippen LogP contribution in [0.1, 0.15) is 11.3 Å². The molecule has 0 saturated carbocycles. The van der Waals surface area contributed by atoms with Gasteiger partial charge in [0.25, 0.3) is 0 Å². The monoisotopic (exact) mass is 292 g/mol. The number of aromatic nitrogens is 1. The van der Waals surface area contributed by atoms with E-state index in [9.17, 15) is 5.11 Å². The molecule has 21 heavy (non-hydrogen) atoms. The number of benzene rings is 1. The fourth-order valence-corrected chi connectivity index (χ4v) is 2.15. The zero-order valence-corrected chi connectivity index (χ0v) is 12.3. The second-order valence-corrected chi connectivity index (χ2v) is 4.60. The Balaban J connectivity index is 2.15. The largest absolute Gasteiger partial charge is 0.497 e. The van der Waals surface area contributed by atoms with Crippen molar-refractivity contribution >= 4 is 0 Å². The van der Waals surface area contributed by atoms with Gasteiger partial charge in [0, 0.05) is 31.3 Å². The molecule has 0 unspecified atom stereocenters. The highest BCUT2D eigenvalue weighted by atomic mass is 16.5. The summed E-state index contributed by atoms with van der Waals surface area (Å²) in [7, 11) is 3.27. The van der Waals surface area contributed by atoms with Crippen LogP contribution >= 0.6 is 0 Å². The number of methoxy groups -OCH3 is 2. The summed E-state index contributed by atoms with van der Waals surface area (Å²) in [6, 6.07) is 7.48. The van der Waals surface area contributed by atoms with Crippen molar-refractivity contribution in [3.05, 3.63) is 41.8 Å². The molecule has 114 valence electrons. The Morgan fingerprint density at radius 1 is 1.19 bits per heavy atom. The van der Waals surface area contributed by atoms with E-state index in [0.717, 1.165) is 22.8 Å². The van der Waals surface area contributed by atoms with E-state index in [1.165, 1.54) is 0 Å². The summed E-state index contributed by atoms with van der Waals surface area (Å²) in [5.74, 6) is 1.56. The number of hydrogen-bond donors (Lipinski definition) is 1. The number of ether oxygens (including phenoxy) is 2. The van der Waals surface area contributed by atoms with Crippen molar-refractivity contribution < 1.29 is 19.1 Å². The Morgan fingerprint density at radius 3 is 2.67 bits per heavy atom. The Bertz CT molecular complexity index is 543. The minimum Gasteiger partial charge on any atom is -0.497 e. The number of rotatable bonds is 8. The fourth-order valence-electron chi connectivity index (χ4n) is 2.15. The van der Waals surface area contributed by atoms with Crippen molar-refractivity contribution in [2.75, 3.05) is 27.4 Å². The molecule has 0 atom stereocenters. The summed E-state index contributed by atoms with van der Waals surface area (Å²) in [4.78, 5) is 2.06. The molecule has 0 spiro atoms. The maximum Gasteiger partial charge on any atom is 0.124 e. The Hall–Kier alpha value is -2.05. The van der Waals surface area contributed by atoms with Gasteiger partial charge in [-0.05, 0) is 18.2 Å². The molecule has 1 aromatic heterocycles. The smallest absolute Gasteiger partial charge is 0.124 e. The van der Waals surface area contributed by atoms with Crippen LogP contribution in [0, 0.1) is 0 Å². The number of nitrogens with zero attached hydrogens (tertiary/aromatic N) is 2. The van der Waals surface area contributed by atoms with E-state index in [1.54, 1.807) is 20.5 Å². The van der Waals surface area contributed by atoms with Gasteiger partial charge in [-0.25, -0.2) is 0 Å². The Kier molecular flexibility index (Phi) is 5.59. The molecule has 0 bridgehead atoms. The lowest BCUT2D eigenvalue weighted by Gasteiger charge is -2.21. The van der Waals surface area contributed by atoms with Gasteiger partial charge in [-0.3, -0.25) is 4.90 Å². The van der Waals surface area contributed by atoms with Gasteiger partial charge in [-0.15, -0.1) is 0 Å². The van der Waals surface area contributed by atoms with Gasteiger partial charge in [0.05, 0.1) is 26.5 Å². The second kappa shape index (κ2) is 7.66. The molecule has 0 fully saturated rings. The predicted octanol–water partition coefficient (Wildman–Crippen LogP) is 1.69. The quantitative estimate of drug-likeness (QED) is 0.798. The van der Waals surface area contributed by atoms with Crippen molar-refractivity contribution in [1.82, 2.24) is 10.1 Å². The van der Waals surface area contributed by atoms with Crippen LogP contribution in [-0.4, -0.2) is 42.5 Å². The molecular formula is C15H20N2O4. The van der Waals surface area contributed by atoms with Gasteiger partial charge in [-0.1, -0.05) is 5.16 Å². The highest BCUT2D eigenvalue weighted by Crippen LogP contribution is 2.25. The summed E-state index contributed by atoms with van der Waals surface area (Å²) in [5, 5.41) is 13.1. The normalized spacial score (nSPS) is 10.9. The molecular weight excluding hydrogens is 272 g/mol. The minimum atomic E-state index is 0.0735. The lowest BCUT2D eigenvalue weighted by Crippen LogP contribution is -2.26. The van der Waals surface area contributed by atoms with Crippen molar-refractivity contribution in [3.63, 3.8) is 0 Å². The molecule has 0 saturated heterocycles. The van der Waals surface area contributed by atoms with E-state index in [-0.39, 0.29) is 6.61 Å². The van der Waals surface area contributed by atoms with Crippen molar-refractivity contribution in [2.45, 2.75) is 13.1 Å². The van der Waals surface area contributed by atoms with Gasteiger partial charge in [-0.2, -0.15) is 0 Å². The van der Waals surface area contributed by atoms with Crippen molar-refractivity contribution in [1.29, 1.82) is 0 Å². The maximum absolute atomic E-state index is 9.23. The number of aliphatic hydroxyl groups excluding tert-OH is 1. The Morgan fingerprint density at radius 2 is 2.05 bits per heavy atom. The highest BCUT2D eigenvalue weighted by Gasteiger charge is 2.12. The van der Waals surface area contributed by atoms with Crippen LogP contribution in [0.4, 0.5) is 0 Å². The molecule has 1 N–H and O–H groups in total. The van der Waals surface area contributed by atoms with Crippen LogP contribution in [0.5, 0.6) is 11.5 Å². The van der Waals surface area contributed by atoms with E-state index >= 15 is 0 Å². The summed E-state index contributed by atoms with van der Waals surface area (Å²) < 4.78 is 15.5. The summed E-state index contributed by atoms with van der Waals surface area (Å²) in [5.41, 5.74) is 1.82. The van der Waals surface area contributed by atoms with E-state index in [2.05, 4.69) is 10.1 Å². The van der Waals surface area contributed by atoms with Gasteiger partial charge in [0.1, 0.15) is 17.8 Å². The molecule has 1 heterocycles. The van der Waals surface area contributed by atoms with Gasteiger partial charge in [0.15, 0.2) is 0 Å². The second-order valence-electron chi connectivity index (χ2n) is 4.60. The number of aliphatic hydroxyl groups is 1. The zero-order chi connectivity index (χ0) is 15.1. The third-order valence-electron chi connectivity index (χ3n) is 3.17. The molecule has 0 amide bonds. The molecule has 0 aliphatic heterocycles. The van der Waals surface area contributed by atoms with Crippen LogP contribution in [0.25, 0.3) is 0 Å². The maximum atomic E-state index is 9.23. The van der Waals surface area contributed by atoms with Crippen molar-refractivity contribution in [2.24, 2.45) is 0 Å². The van der Waals surface area contributed by atoms with E-state index in [1.807, 2.05) is 24.3 Å². The average Bonchev–Trinajstić information content (AvgIpc) is 3.00. The number of hydrogen-bond acceptors (Lipinski definition) is 6. The first-order valence-corrected chi connectivity index (χ1v) is 6.70. The molecule has 0 aliphatic carbocycles. The molecule has 1 aromatic carbocycles. The zero-order valence-electron chi connectivity index (χ0n) is 12.3. The van der Waals surface area contributed by atoms with E-state index in [4.69, 9.17) is 14.0 Å². The fraction of sp³-hybridized carbons (Fsp3) is 0.400. The summed E-state index contributed by atoms with van der Waals surface area (Å²) in [6.07, 6.45) is 1.54. The third-order valence-corrected chi connectivity index (χ3v) is 3.17. The third kappa shape index (κ3) is 4.21. The topological polar surface area (TPSA) is 68.0 Å². The lowest BCUT2D eigenvalue weighted by molar-refractivity contribution is 0.179. The SMILES string of the molecule is COc1ccc(OC)c(CN(CCO)Cc2ccon2)c1. The lowest BCUT2D eigenvalue weighted by atomic mass is 10.1. The van der Waals surface area contributed by atoms with Crippen LogP contribution in [0.2, 0.25) is 0 Å². The van der Waals surface area contributed by atoms with E-state index in [0.29, 0.717) is 19.6 Å². The van der Waals surface area contributed by atoms with Crippen molar-refractivity contribution in [3.8, 4) is 11.5 Å². The van der Waals surface area contributed by atoms with Crippen LogP contribution in [0.3, 0.4) is 0 Å². The van der Waals surface area contributed by atoms with E-state index < -0.39 is 0 Å².